The number of anilines is 2. The molecule has 0 aromatic heterocycles. The molecule has 0 saturated heterocycles. The van der Waals surface area contributed by atoms with Crippen LogP contribution in [-0.2, 0) is 9.59 Å². The van der Waals surface area contributed by atoms with Crippen molar-refractivity contribution in [3.8, 4) is 11.5 Å². The monoisotopic (exact) mass is 468 g/mol. The number of carbonyl (C=O) groups is 2. The van der Waals surface area contributed by atoms with Gasteiger partial charge in [-0.2, -0.15) is 0 Å². The van der Waals surface area contributed by atoms with Gasteiger partial charge in [0.1, 0.15) is 17.2 Å². The Bertz CT molecular complexity index is 1220. The molecular weight excluding hydrogens is 451 g/mol. The van der Waals surface area contributed by atoms with E-state index >= 15 is 0 Å². The summed E-state index contributed by atoms with van der Waals surface area (Å²) in [7, 11) is 3.06. The molecule has 0 fully saturated rings. The lowest BCUT2D eigenvalue weighted by atomic mass is 10.0. The van der Waals surface area contributed by atoms with Crippen molar-refractivity contribution < 1.29 is 19.1 Å². The topological polar surface area (TPSA) is 67.9 Å². The highest BCUT2D eigenvalue weighted by molar-refractivity contribution is 6.50. The zero-order valence-electron chi connectivity index (χ0n) is 17.2. The van der Waals surface area contributed by atoms with Crippen molar-refractivity contribution in [2.45, 2.75) is 0 Å². The second-order valence-corrected chi connectivity index (χ2v) is 7.65. The second kappa shape index (κ2) is 8.94. The fourth-order valence-electron chi connectivity index (χ4n) is 3.43. The molecule has 0 aliphatic carbocycles. The number of ether oxygens (including phenoxy) is 2. The highest BCUT2D eigenvalue weighted by Crippen LogP contribution is 2.39. The molecule has 0 spiro atoms. The fourth-order valence-corrected chi connectivity index (χ4v) is 3.81. The van der Waals surface area contributed by atoms with Gasteiger partial charge in [-0.1, -0.05) is 59.6 Å². The van der Waals surface area contributed by atoms with Gasteiger partial charge in [0, 0.05) is 23.9 Å². The minimum atomic E-state index is -0.556. The Morgan fingerprint density at radius 3 is 2.09 bits per heavy atom. The number of rotatable bonds is 6. The minimum Gasteiger partial charge on any atom is -0.497 e. The molecular formula is C24H18Cl2N2O4. The van der Waals surface area contributed by atoms with Crippen LogP contribution in [0.5, 0.6) is 11.5 Å². The first-order valence-corrected chi connectivity index (χ1v) is 10.3. The van der Waals surface area contributed by atoms with Gasteiger partial charge in [0.25, 0.3) is 11.8 Å². The molecule has 0 radical (unpaired) electrons. The lowest BCUT2D eigenvalue weighted by Gasteiger charge is -2.17. The van der Waals surface area contributed by atoms with Crippen LogP contribution in [0, 0.1) is 0 Å². The number of nitrogens with one attached hydrogen (secondary N) is 1. The van der Waals surface area contributed by atoms with Crippen molar-refractivity contribution in [3.63, 3.8) is 0 Å². The molecule has 1 heterocycles. The van der Waals surface area contributed by atoms with E-state index in [0.717, 1.165) is 4.90 Å². The number of amides is 2. The van der Waals surface area contributed by atoms with E-state index in [-0.39, 0.29) is 27.0 Å². The SMILES string of the molecule is COc1cc(NC2=C(c3ccccc3)C(=O)N(c3cccc(Cl)c3Cl)C2=O)cc(OC)c1. The largest absolute Gasteiger partial charge is 0.497 e. The minimum absolute atomic E-state index is 0.104. The molecule has 2 amide bonds. The molecule has 1 aliphatic heterocycles. The van der Waals surface area contributed by atoms with E-state index in [1.165, 1.54) is 14.2 Å². The van der Waals surface area contributed by atoms with E-state index < -0.39 is 11.8 Å². The molecule has 0 saturated carbocycles. The zero-order chi connectivity index (χ0) is 22.8. The number of imide groups is 1. The summed E-state index contributed by atoms with van der Waals surface area (Å²) in [5.74, 6) is -0.0111. The van der Waals surface area contributed by atoms with Gasteiger partial charge in [0.15, 0.2) is 0 Å². The van der Waals surface area contributed by atoms with E-state index in [2.05, 4.69) is 5.32 Å². The molecule has 1 N–H and O–H groups in total. The molecule has 0 unspecified atom stereocenters. The Hall–Kier alpha value is -3.48. The van der Waals surface area contributed by atoms with Crippen LogP contribution in [0.2, 0.25) is 10.0 Å². The first-order chi connectivity index (χ1) is 15.4. The summed E-state index contributed by atoms with van der Waals surface area (Å²) in [5.41, 5.74) is 1.64. The third-order valence-corrected chi connectivity index (χ3v) is 5.75. The van der Waals surface area contributed by atoms with Crippen molar-refractivity contribution in [1.29, 1.82) is 0 Å². The molecule has 4 rings (SSSR count). The summed E-state index contributed by atoms with van der Waals surface area (Å²) < 4.78 is 10.6. The highest BCUT2D eigenvalue weighted by Gasteiger charge is 2.41. The zero-order valence-corrected chi connectivity index (χ0v) is 18.7. The van der Waals surface area contributed by atoms with Crippen molar-refractivity contribution in [2.24, 2.45) is 0 Å². The number of nitrogens with zero attached hydrogens (tertiary/aromatic N) is 1. The van der Waals surface area contributed by atoms with Gasteiger partial charge in [-0.05, 0) is 17.7 Å². The van der Waals surface area contributed by atoms with Gasteiger partial charge < -0.3 is 14.8 Å². The predicted molar refractivity (Wildman–Crippen MR) is 125 cm³/mol. The third kappa shape index (κ3) is 3.90. The maximum Gasteiger partial charge on any atom is 0.282 e. The summed E-state index contributed by atoms with van der Waals surface area (Å²) >= 11 is 12.5. The Morgan fingerprint density at radius 2 is 1.47 bits per heavy atom. The van der Waals surface area contributed by atoms with Crippen LogP contribution in [0.1, 0.15) is 5.56 Å². The smallest absolute Gasteiger partial charge is 0.282 e. The fraction of sp³-hybridized carbons (Fsp3) is 0.0833. The van der Waals surface area contributed by atoms with Crippen LogP contribution in [0.25, 0.3) is 5.57 Å². The molecule has 3 aromatic carbocycles. The second-order valence-electron chi connectivity index (χ2n) is 6.86. The lowest BCUT2D eigenvalue weighted by Crippen LogP contribution is -2.32. The standard InChI is InChI=1S/C24H18Cl2N2O4/c1-31-16-11-15(12-17(13-16)32-2)27-22-20(14-7-4-3-5-8-14)23(29)28(24(22)30)19-10-6-9-18(25)21(19)26/h3-13,27H,1-2H3. The van der Waals surface area contributed by atoms with Crippen LogP contribution >= 0.6 is 23.2 Å². The van der Waals surface area contributed by atoms with E-state index in [4.69, 9.17) is 32.7 Å². The number of halogens is 2. The third-order valence-electron chi connectivity index (χ3n) is 4.94. The summed E-state index contributed by atoms with van der Waals surface area (Å²) in [4.78, 5) is 28.0. The van der Waals surface area contributed by atoms with Gasteiger partial charge >= 0.3 is 0 Å². The normalized spacial score (nSPS) is 13.6. The van der Waals surface area contributed by atoms with Gasteiger partial charge in [-0.3, -0.25) is 9.59 Å². The number of hydrogen-bond donors (Lipinski definition) is 1. The highest BCUT2D eigenvalue weighted by atomic mass is 35.5. The number of benzene rings is 3. The summed E-state index contributed by atoms with van der Waals surface area (Å²) in [6, 6.07) is 18.8. The van der Waals surface area contributed by atoms with Crippen LogP contribution < -0.4 is 19.7 Å². The van der Waals surface area contributed by atoms with E-state index in [1.807, 2.05) is 6.07 Å². The maximum absolute atomic E-state index is 13.5. The summed E-state index contributed by atoms with van der Waals surface area (Å²) in [6.45, 7) is 0. The molecule has 8 heteroatoms. The van der Waals surface area contributed by atoms with Crippen molar-refractivity contribution in [2.75, 3.05) is 24.4 Å². The molecule has 32 heavy (non-hydrogen) atoms. The van der Waals surface area contributed by atoms with Crippen molar-refractivity contribution in [1.82, 2.24) is 0 Å². The van der Waals surface area contributed by atoms with Crippen LogP contribution in [-0.4, -0.2) is 26.0 Å². The van der Waals surface area contributed by atoms with Crippen molar-refractivity contribution >= 4 is 52.0 Å². The first kappa shape index (κ1) is 21.7. The van der Waals surface area contributed by atoms with Crippen LogP contribution in [0.15, 0.2) is 72.4 Å². The molecule has 0 bridgehead atoms. The first-order valence-electron chi connectivity index (χ1n) is 9.57. The average molecular weight is 469 g/mol. The molecule has 0 atom stereocenters. The maximum atomic E-state index is 13.5. The molecule has 3 aromatic rings. The molecule has 1 aliphatic rings. The van der Waals surface area contributed by atoms with Gasteiger partial charge in [0.05, 0.1) is 35.5 Å². The average Bonchev–Trinajstić information content (AvgIpc) is 3.05. The Labute approximate surface area is 195 Å². The molecule has 6 nitrogen and oxygen atoms in total. The molecule has 162 valence electrons. The van der Waals surface area contributed by atoms with E-state index in [9.17, 15) is 9.59 Å². The predicted octanol–water partition coefficient (Wildman–Crippen LogP) is 5.41. The van der Waals surface area contributed by atoms with Crippen molar-refractivity contribution in [3.05, 3.63) is 88.0 Å². The van der Waals surface area contributed by atoms with Gasteiger partial charge in [-0.15, -0.1) is 0 Å². The number of methoxy groups -OCH3 is 2. The number of carbonyl (C=O) groups excluding carboxylic acids is 2. The summed E-state index contributed by atoms with van der Waals surface area (Å²) in [5, 5.41) is 3.44. The van der Waals surface area contributed by atoms with E-state index in [0.29, 0.717) is 22.7 Å². The van der Waals surface area contributed by atoms with Gasteiger partial charge in [0.2, 0.25) is 0 Å². The van der Waals surface area contributed by atoms with Crippen LogP contribution in [0.3, 0.4) is 0 Å². The Balaban J connectivity index is 1.85. The quantitative estimate of drug-likeness (QED) is 0.490. The Kier molecular flexibility index (Phi) is 6.08. The van der Waals surface area contributed by atoms with Gasteiger partial charge in [-0.25, -0.2) is 4.90 Å². The summed E-state index contributed by atoms with van der Waals surface area (Å²) in [6.07, 6.45) is 0. The van der Waals surface area contributed by atoms with Crippen LogP contribution in [0.4, 0.5) is 11.4 Å². The number of hydrogen-bond acceptors (Lipinski definition) is 5. The lowest BCUT2D eigenvalue weighted by molar-refractivity contribution is -0.120. The Morgan fingerprint density at radius 1 is 0.812 bits per heavy atom. The van der Waals surface area contributed by atoms with E-state index in [1.54, 1.807) is 60.7 Å².